The Hall–Kier alpha value is -0.830. The first kappa shape index (κ1) is 11.6. The third kappa shape index (κ3) is 1.88. The van der Waals surface area contributed by atoms with Gasteiger partial charge in [-0.1, -0.05) is 13.3 Å². The summed E-state index contributed by atoms with van der Waals surface area (Å²) >= 11 is 0. The van der Waals surface area contributed by atoms with Crippen molar-refractivity contribution in [3.05, 3.63) is 11.8 Å². The topological polar surface area (TPSA) is 61.9 Å². The molecule has 2 fully saturated rings. The molecule has 3 heteroatoms. The molecule has 1 aliphatic heterocycles. The average molecular weight is 221 g/mol. The average Bonchev–Trinajstić information content (AvgIpc) is 2.05. The molecule has 0 aromatic carbocycles. The van der Waals surface area contributed by atoms with Gasteiger partial charge in [0.2, 0.25) is 0 Å². The lowest BCUT2D eigenvalue weighted by Crippen LogP contribution is -2.57. The van der Waals surface area contributed by atoms with Gasteiger partial charge in [-0.25, -0.2) is 0 Å². The summed E-state index contributed by atoms with van der Waals surface area (Å²) in [6.07, 6.45) is 5.55. The van der Waals surface area contributed by atoms with Crippen LogP contribution in [0.4, 0.5) is 0 Å². The molecule has 4 N–H and O–H groups in total. The molecule has 1 heterocycles. The van der Waals surface area contributed by atoms with Gasteiger partial charge in [0.1, 0.15) is 0 Å². The molecule has 1 aliphatic carbocycles. The van der Waals surface area contributed by atoms with Crippen LogP contribution in [0.3, 0.4) is 0 Å². The lowest BCUT2D eigenvalue weighted by atomic mass is 9.52. The number of nitrogens with two attached hydrogens (primary N) is 1. The van der Waals surface area contributed by atoms with E-state index in [4.69, 9.17) is 11.1 Å². The molecule has 0 unspecified atom stereocenters. The first-order chi connectivity index (χ1) is 7.57. The van der Waals surface area contributed by atoms with E-state index in [1.807, 2.05) is 6.08 Å². The normalized spacial score (nSPS) is 35.4. The third-order valence-corrected chi connectivity index (χ3v) is 4.51. The number of allylic oxidation sites excluding steroid dienone is 2. The zero-order valence-corrected chi connectivity index (χ0v) is 10.3. The van der Waals surface area contributed by atoms with Crippen LogP contribution in [0, 0.1) is 22.7 Å². The summed E-state index contributed by atoms with van der Waals surface area (Å²) in [7, 11) is 0. The van der Waals surface area contributed by atoms with Gasteiger partial charge in [0, 0.05) is 11.4 Å². The maximum Gasteiger partial charge on any atom is 0.0300 e. The molecule has 3 nitrogen and oxygen atoms in total. The SMILES string of the molecule is CCC1(C2CNC2)CC(/C(N)=C/C(C)=N)C1. The minimum absolute atomic E-state index is 0.529. The second-order valence-electron chi connectivity index (χ2n) is 5.50. The van der Waals surface area contributed by atoms with Gasteiger partial charge < -0.3 is 16.5 Å². The van der Waals surface area contributed by atoms with E-state index in [1.165, 1.54) is 32.4 Å². The number of hydrogen-bond donors (Lipinski definition) is 3. The fourth-order valence-corrected chi connectivity index (χ4v) is 3.16. The van der Waals surface area contributed by atoms with Crippen molar-refractivity contribution in [1.29, 1.82) is 5.41 Å². The molecule has 0 atom stereocenters. The predicted octanol–water partition coefficient (Wildman–Crippen LogP) is 1.89. The molecule has 90 valence electrons. The summed E-state index contributed by atoms with van der Waals surface area (Å²) in [5, 5.41) is 10.8. The Morgan fingerprint density at radius 1 is 1.50 bits per heavy atom. The number of nitrogens with one attached hydrogen (secondary N) is 2. The quantitative estimate of drug-likeness (QED) is 0.635. The molecule has 2 rings (SSSR count). The minimum Gasteiger partial charge on any atom is -0.402 e. The van der Waals surface area contributed by atoms with Gasteiger partial charge in [-0.15, -0.1) is 0 Å². The molecule has 0 aromatic heterocycles. The van der Waals surface area contributed by atoms with Crippen LogP contribution in [0.15, 0.2) is 11.8 Å². The highest BCUT2D eigenvalue weighted by Crippen LogP contribution is 2.55. The summed E-state index contributed by atoms with van der Waals surface area (Å²) in [4.78, 5) is 0. The van der Waals surface area contributed by atoms with Crippen molar-refractivity contribution in [2.75, 3.05) is 13.1 Å². The second-order valence-corrected chi connectivity index (χ2v) is 5.50. The zero-order valence-electron chi connectivity index (χ0n) is 10.3. The van der Waals surface area contributed by atoms with Crippen molar-refractivity contribution in [3.63, 3.8) is 0 Å². The molecule has 0 radical (unpaired) electrons. The lowest BCUT2D eigenvalue weighted by molar-refractivity contribution is -0.0218. The molecule has 0 amide bonds. The van der Waals surface area contributed by atoms with E-state index in [-0.39, 0.29) is 0 Å². The summed E-state index contributed by atoms with van der Waals surface area (Å²) in [6.45, 7) is 6.46. The Bertz CT molecular complexity index is 309. The highest BCUT2D eigenvalue weighted by molar-refractivity contribution is 5.90. The van der Waals surface area contributed by atoms with E-state index >= 15 is 0 Å². The standard InChI is InChI=1S/C13H23N3/c1-3-13(11-7-16-8-11)5-10(6-13)12(15)4-9(2)14/h4,10-11,14,16H,3,5-8,15H2,1-2H3/b12-4-,14-9?. The van der Waals surface area contributed by atoms with Crippen LogP contribution >= 0.6 is 0 Å². The van der Waals surface area contributed by atoms with Crippen molar-refractivity contribution in [1.82, 2.24) is 5.32 Å². The summed E-state index contributed by atoms with van der Waals surface area (Å²) in [5.74, 6) is 1.39. The van der Waals surface area contributed by atoms with Crippen LogP contribution in [-0.2, 0) is 0 Å². The van der Waals surface area contributed by atoms with Gasteiger partial charge in [-0.05, 0) is 56.2 Å². The maximum absolute atomic E-state index is 7.43. The highest BCUT2D eigenvalue weighted by Gasteiger charge is 2.50. The first-order valence-electron chi connectivity index (χ1n) is 6.30. The van der Waals surface area contributed by atoms with Crippen molar-refractivity contribution in [2.24, 2.45) is 23.0 Å². The Morgan fingerprint density at radius 2 is 2.12 bits per heavy atom. The molecule has 1 saturated carbocycles. The Balaban J connectivity index is 1.94. The molecule has 1 saturated heterocycles. The molecule has 0 bridgehead atoms. The fourth-order valence-electron chi connectivity index (χ4n) is 3.16. The van der Waals surface area contributed by atoms with E-state index in [2.05, 4.69) is 12.2 Å². The second kappa shape index (κ2) is 4.21. The van der Waals surface area contributed by atoms with Crippen molar-refractivity contribution < 1.29 is 0 Å². The Labute approximate surface area is 98.0 Å². The van der Waals surface area contributed by atoms with Crippen molar-refractivity contribution >= 4 is 5.71 Å². The monoisotopic (exact) mass is 221 g/mol. The van der Waals surface area contributed by atoms with Gasteiger partial charge in [0.25, 0.3) is 0 Å². The lowest BCUT2D eigenvalue weighted by Gasteiger charge is -2.55. The minimum atomic E-state index is 0.529. The van der Waals surface area contributed by atoms with Crippen LogP contribution in [-0.4, -0.2) is 18.8 Å². The molecular weight excluding hydrogens is 198 g/mol. The van der Waals surface area contributed by atoms with E-state index < -0.39 is 0 Å². The van der Waals surface area contributed by atoms with Crippen LogP contribution < -0.4 is 11.1 Å². The van der Waals surface area contributed by atoms with Gasteiger partial charge in [0.05, 0.1) is 0 Å². The largest absolute Gasteiger partial charge is 0.402 e. The first-order valence-corrected chi connectivity index (χ1v) is 6.30. The summed E-state index contributed by atoms with van der Waals surface area (Å²) in [6, 6.07) is 0. The number of rotatable bonds is 4. The maximum atomic E-state index is 7.43. The van der Waals surface area contributed by atoms with Crippen LogP contribution in [0.5, 0.6) is 0 Å². The van der Waals surface area contributed by atoms with Gasteiger partial charge in [0.15, 0.2) is 0 Å². The molecule has 0 aromatic rings. The molecule has 16 heavy (non-hydrogen) atoms. The molecular formula is C13H23N3. The van der Waals surface area contributed by atoms with Crippen LogP contribution in [0.25, 0.3) is 0 Å². The van der Waals surface area contributed by atoms with Crippen molar-refractivity contribution in [3.8, 4) is 0 Å². The summed E-state index contributed by atoms with van der Waals surface area (Å²) in [5.41, 5.74) is 8.05. The van der Waals surface area contributed by atoms with Crippen LogP contribution in [0.1, 0.15) is 33.1 Å². The fraction of sp³-hybridized carbons (Fsp3) is 0.769. The highest BCUT2D eigenvalue weighted by atomic mass is 15.0. The van der Waals surface area contributed by atoms with Crippen molar-refractivity contribution in [2.45, 2.75) is 33.1 Å². The number of hydrogen-bond acceptors (Lipinski definition) is 3. The van der Waals surface area contributed by atoms with E-state index in [0.717, 1.165) is 11.6 Å². The third-order valence-electron chi connectivity index (χ3n) is 4.51. The van der Waals surface area contributed by atoms with Gasteiger partial charge in [-0.2, -0.15) is 0 Å². The Morgan fingerprint density at radius 3 is 2.50 bits per heavy atom. The predicted molar refractivity (Wildman–Crippen MR) is 67.5 cm³/mol. The zero-order chi connectivity index (χ0) is 11.8. The smallest absolute Gasteiger partial charge is 0.0300 e. The van der Waals surface area contributed by atoms with E-state index in [0.29, 0.717) is 17.0 Å². The van der Waals surface area contributed by atoms with Gasteiger partial charge >= 0.3 is 0 Å². The molecule has 2 aliphatic rings. The van der Waals surface area contributed by atoms with E-state index in [9.17, 15) is 0 Å². The van der Waals surface area contributed by atoms with Gasteiger partial charge in [-0.3, -0.25) is 0 Å². The Kier molecular flexibility index (Phi) is 3.06. The summed E-state index contributed by atoms with van der Waals surface area (Å²) < 4.78 is 0. The van der Waals surface area contributed by atoms with Crippen LogP contribution in [0.2, 0.25) is 0 Å². The molecule has 0 spiro atoms. The van der Waals surface area contributed by atoms with E-state index in [1.54, 1.807) is 6.92 Å².